The monoisotopic (exact) mass is 334 g/mol. The number of furan rings is 1. The Labute approximate surface area is 143 Å². The third kappa shape index (κ3) is 3.80. The van der Waals surface area contributed by atoms with Gasteiger partial charge in [0.05, 0.1) is 12.8 Å². The summed E-state index contributed by atoms with van der Waals surface area (Å²) in [4.78, 5) is 14.1. The summed E-state index contributed by atoms with van der Waals surface area (Å²) in [6.07, 6.45) is 3.15. The van der Waals surface area contributed by atoms with E-state index in [1.807, 2.05) is 48.5 Å². The van der Waals surface area contributed by atoms with E-state index in [0.29, 0.717) is 5.76 Å². The van der Waals surface area contributed by atoms with Gasteiger partial charge in [0.25, 0.3) is 5.91 Å². The molecule has 0 aliphatic rings. The summed E-state index contributed by atoms with van der Waals surface area (Å²) in [7, 11) is 0. The molecule has 0 aliphatic carbocycles. The largest absolute Gasteiger partial charge is 0.467 e. The van der Waals surface area contributed by atoms with Crippen molar-refractivity contribution in [3.05, 3.63) is 77.1 Å². The Balaban J connectivity index is 1.72. The van der Waals surface area contributed by atoms with Crippen molar-refractivity contribution in [2.24, 2.45) is 0 Å². The van der Waals surface area contributed by atoms with Gasteiger partial charge in [-0.15, -0.1) is 11.3 Å². The van der Waals surface area contributed by atoms with Gasteiger partial charge in [-0.1, -0.05) is 30.3 Å². The highest BCUT2D eigenvalue weighted by Crippen LogP contribution is 2.29. The van der Waals surface area contributed by atoms with Gasteiger partial charge >= 0.3 is 0 Å². The zero-order valence-corrected chi connectivity index (χ0v) is 13.5. The van der Waals surface area contributed by atoms with Gasteiger partial charge in [0, 0.05) is 9.75 Å². The molecule has 1 amide bonds. The molecular weight excluding hydrogens is 320 g/mol. The van der Waals surface area contributed by atoms with Crippen LogP contribution in [0.1, 0.15) is 10.6 Å². The van der Waals surface area contributed by atoms with E-state index in [2.05, 4.69) is 5.32 Å². The predicted octanol–water partition coefficient (Wildman–Crippen LogP) is 4.23. The van der Waals surface area contributed by atoms with E-state index in [9.17, 15) is 10.1 Å². The fourth-order valence-corrected chi connectivity index (χ4v) is 3.11. The Kier molecular flexibility index (Phi) is 4.90. The molecule has 2 aromatic heterocycles. The minimum atomic E-state index is -0.413. The Morgan fingerprint density at radius 1 is 1.17 bits per heavy atom. The van der Waals surface area contributed by atoms with Gasteiger partial charge in [-0.25, -0.2) is 0 Å². The first-order valence-electron chi connectivity index (χ1n) is 7.34. The highest BCUT2D eigenvalue weighted by molar-refractivity contribution is 7.16. The van der Waals surface area contributed by atoms with Gasteiger partial charge < -0.3 is 9.73 Å². The van der Waals surface area contributed by atoms with Crippen LogP contribution in [0.2, 0.25) is 0 Å². The summed E-state index contributed by atoms with van der Waals surface area (Å²) < 4.78 is 5.15. The molecule has 1 N–H and O–H groups in total. The van der Waals surface area contributed by atoms with E-state index in [-0.39, 0.29) is 12.1 Å². The summed E-state index contributed by atoms with van der Waals surface area (Å²) in [5.41, 5.74) is 1.19. The molecule has 3 rings (SSSR count). The third-order valence-corrected chi connectivity index (χ3v) is 4.42. The number of thiophene rings is 1. The summed E-state index contributed by atoms with van der Waals surface area (Å²) >= 11 is 1.54. The van der Waals surface area contributed by atoms with Gasteiger partial charge in [-0.2, -0.15) is 5.26 Å². The molecule has 0 aliphatic heterocycles. The molecule has 1 aromatic carbocycles. The molecule has 3 aromatic rings. The standard InChI is InChI=1S/C19H14N2O2S/c20-12-15(19(22)21-13-16-7-4-10-23-16)11-17-8-9-18(24-17)14-5-2-1-3-6-14/h1-11H,13H2,(H,21,22)/b15-11+. The molecule has 0 unspecified atom stereocenters. The second-order valence-corrected chi connectivity index (χ2v) is 6.12. The van der Waals surface area contributed by atoms with Crippen molar-refractivity contribution < 1.29 is 9.21 Å². The lowest BCUT2D eigenvalue weighted by Gasteiger charge is -2.01. The maximum atomic E-state index is 12.1. The normalized spacial score (nSPS) is 11.0. The van der Waals surface area contributed by atoms with E-state index < -0.39 is 5.91 Å². The fourth-order valence-electron chi connectivity index (χ4n) is 2.15. The number of nitrogens with one attached hydrogen (secondary N) is 1. The lowest BCUT2D eigenvalue weighted by Crippen LogP contribution is -2.23. The minimum Gasteiger partial charge on any atom is -0.467 e. The first kappa shape index (κ1) is 15.8. The maximum Gasteiger partial charge on any atom is 0.262 e. The number of rotatable bonds is 5. The average molecular weight is 334 g/mol. The van der Waals surface area contributed by atoms with Crippen molar-refractivity contribution in [2.75, 3.05) is 0 Å². The van der Waals surface area contributed by atoms with Gasteiger partial charge in [0.15, 0.2) is 0 Å². The highest BCUT2D eigenvalue weighted by Gasteiger charge is 2.10. The van der Waals surface area contributed by atoms with Crippen molar-refractivity contribution in [1.82, 2.24) is 5.32 Å². The first-order valence-corrected chi connectivity index (χ1v) is 8.15. The molecule has 0 radical (unpaired) electrons. The molecule has 0 fully saturated rings. The Morgan fingerprint density at radius 2 is 2.00 bits per heavy atom. The van der Waals surface area contributed by atoms with Crippen LogP contribution in [0.5, 0.6) is 0 Å². The van der Waals surface area contributed by atoms with Crippen LogP contribution >= 0.6 is 11.3 Å². The van der Waals surface area contributed by atoms with Crippen molar-refractivity contribution in [2.45, 2.75) is 6.54 Å². The van der Waals surface area contributed by atoms with Crippen LogP contribution in [0.4, 0.5) is 0 Å². The maximum absolute atomic E-state index is 12.1. The van der Waals surface area contributed by atoms with E-state index in [1.54, 1.807) is 24.5 Å². The number of nitriles is 1. The third-order valence-electron chi connectivity index (χ3n) is 3.34. The summed E-state index contributed by atoms with van der Waals surface area (Å²) in [5, 5.41) is 11.9. The smallest absolute Gasteiger partial charge is 0.262 e. The Morgan fingerprint density at radius 3 is 2.71 bits per heavy atom. The van der Waals surface area contributed by atoms with Crippen molar-refractivity contribution in [3.8, 4) is 16.5 Å². The highest BCUT2D eigenvalue weighted by atomic mass is 32.1. The lowest BCUT2D eigenvalue weighted by molar-refractivity contribution is -0.117. The quantitative estimate of drug-likeness (QED) is 0.561. The first-order chi connectivity index (χ1) is 11.8. The number of hydrogen-bond acceptors (Lipinski definition) is 4. The van der Waals surface area contributed by atoms with E-state index in [1.165, 1.54) is 11.3 Å². The number of hydrogen-bond donors (Lipinski definition) is 1. The molecule has 24 heavy (non-hydrogen) atoms. The van der Waals surface area contributed by atoms with Crippen LogP contribution < -0.4 is 5.32 Å². The van der Waals surface area contributed by atoms with E-state index in [4.69, 9.17) is 4.42 Å². The molecule has 4 nitrogen and oxygen atoms in total. The van der Waals surface area contributed by atoms with Crippen molar-refractivity contribution in [3.63, 3.8) is 0 Å². The lowest BCUT2D eigenvalue weighted by atomic mass is 10.2. The molecule has 2 heterocycles. The van der Waals surface area contributed by atoms with Gasteiger partial charge in [-0.3, -0.25) is 4.79 Å². The van der Waals surface area contributed by atoms with E-state index >= 15 is 0 Å². The van der Waals surface area contributed by atoms with Crippen molar-refractivity contribution >= 4 is 23.3 Å². The number of benzene rings is 1. The summed E-state index contributed by atoms with van der Waals surface area (Å²) in [5.74, 6) is 0.228. The molecule has 118 valence electrons. The fraction of sp³-hybridized carbons (Fsp3) is 0.0526. The van der Waals surface area contributed by atoms with Crippen LogP contribution in [-0.2, 0) is 11.3 Å². The molecule has 0 saturated carbocycles. The molecule has 5 heteroatoms. The Bertz CT molecular complexity index is 887. The molecule has 0 saturated heterocycles. The number of carbonyl (C=O) groups excluding carboxylic acids is 1. The van der Waals surface area contributed by atoms with E-state index in [0.717, 1.165) is 15.3 Å². The van der Waals surface area contributed by atoms with Crippen LogP contribution in [-0.4, -0.2) is 5.91 Å². The Hall–Kier alpha value is -3.10. The van der Waals surface area contributed by atoms with Crippen LogP contribution in [0.25, 0.3) is 16.5 Å². The van der Waals surface area contributed by atoms with Gasteiger partial charge in [-0.05, 0) is 35.9 Å². The zero-order valence-electron chi connectivity index (χ0n) is 12.7. The van der Waals surface area contributed by atoms with Crippen molar-refractivity contribution in [1.29, 1.82) is 5.26 Å². The number of amides is 1. The van der Waals surface area contributed by atoms with Crippen LogP contribution in [0, 0.1) is 11.3 Å². The average Bonchev–Trinajstić information content (AvgIpc) is 3.30. The SMILES string of the molecule is N#C/C(=C\c1ccc(-c2ccccc2)s1)C(=O)NCc1ccco1. The number of nitrogens with zero attached hydrogens (tertiary/aromatic N) is 1. The summed E-state index contributed by atoms with van der Waals surface area (Å²) in [6.45, 7) is 0.255. The number of carbonyl (C=O) groups is 1. The predicted molar refractivity (Wildman–Crippen MR) is 93.9 cm³/mol. The van der Waals surface area contributed by atoms with Crippen LogP contribution in [0.15, 0.2) is 70.9 Å². The van der Waals surface area contributed by atoms with Gasteiger partial charge in [0.2, 0.25) is 0 Å². The molecule has 0 spiro atoms. The summed E-state index contributed by atoms with van der Waals surface area (Å²) in [6, 6.07) is 19.3. The second-order valence-electron chi connectivity index (χ2n) is 5.00. The van der Waals surface area contributed by atoms with Gasteiger partial charge in [0.1, 0.15) is 17.4 Å². The second kappa shape index (κ2) is 7.44. The topological polar surface area (TPSA) is 66.0 Å². The molecular formula is C19H14N2O2S. The molecule has 0 bridgehead atoms. The van der Waals surface area contributed by atoms with Crippen LogP contribution in [0.3, 0.4) is 0 Å². The minimum absolute atomic E-state index is 0.0722. The molecule has 0 atom stereocenters. The zero-order chi connectivity index (χ0) is 16.8.